The number of hydrogen-bond donors (Lipinski definition) is 2. The minimum Gasteiger partial charge on any atom is -0.384 e. The minimum absolute atomic E-state index is 0.184. The normalized spacial score (nSPS) is 39.0. The van der Waals surface area contributed by atoms with E-state index in [1.807, 2.05) is 0 Å². The van der Waals surface area contributed by atoms with E-state index in [2.05, 4.69) is 0 Å². The molecule has 1 rings (SSSR count). The topological polar surface area (TPSA) is 61.3 Å². The largest absolute Gasteiger partial charge is 0.384 e. The van der Waals surface area contributed by atoms with E-state index in [1.54, 1.807) is 7.11 Å². The fourth-order valence-electron chi connectivity index (χ4n) is 1.71. The lowest BCUT2D eigenvalue weighted by Gasteiger charge is -2.31. The third-order valence-corrected chi connectivity index (χ3v) is 2.47. The molecular weight excluding hydrogens is 140 g/mol. The van der Waals surface area contributed by atoms with Gasteiger partial charge in [0.25, 0.3) is 0 Å². The van der Waals surface area contributed by atoms with Crippen molar-refractivity contribution >= 4 is 0 Å². The van der Waals surface area contributed by atoms with Crippen LogP contribution >= 0.6 is 0 Å². The van der Waals surface area contributed by atoms with Crippen LogP contribution in [0.15, 0.2) is 0 Å². The first-order chi connectivity index (χ1) is 5.24. The Hall–Kier alpha value is -0.120. The van der Waals surface area contributed by atoms with Gasteiger partial charge in [-0.1, -0.05) is 0 Å². The average Bonchev–Trinajstić information content (AvgIpc) is 1.98. The van der Waals surface area contributed by atoms with Crippen molar-refractivity contribution in [2.45, 2.75) is 31.3 Å². The van der Waals surface area contributed by atoms with Crippen LogP contribution in [0.5, 0.6) is 0 Å². The predicted molar refractivity (Wildman–Crippen MR) is 45.2 cm³/mol. The summed E-state index contributed by atoms with van der Waals surface area (Å²) in [6.07, 6.45) is 3.24. The van der Waals surface area contributed by atoms with Gasteiger partial charge in [-0.05, 0) is 25.2 Å². The Morgan fingerprint density at radius 2 is 2.00 bits per heavy atom. The molecule has 1 aliphatic carbocycles. The molecule has 0 radical (unpaired) electrons. The summed E-state index contributed by atoms with van der Waals surface area (Å²) in [5.41, 5.74) is 11.6. The molecule has 0 amide bonds. The van der Waals surface area contributed by atoms with Crippen molar-refractivity contribution in [2.75, 3.05) is 13.7 Å². The van der Waals surface area contributed by atoms with Crippen LogP contribution in [0.1, 0.15) is 19.3 Å². The van der Waals surface area contributed by atoms with E-state index in [9.17, 15) is 0 Å². The van der Waals surface area contributed by atoms with Crippen LogP contribution in [0, 0.1) is 5.92 Å². The molecule has 1 fully saturated rings. The van der Waals surface area contributed by atoms with Gasteiger partial charge in [0.1, 0.15) is 0 Å². The van der Waals surface area contributed by atoms with Gasteiger partial charge in [-0.3, -0.25) is 0 Å². The van der Waals surface area contributed by atoms with Crippen molar-refractivity contribution in [3.63, 3.8) is 0 Å². The van der Waals surface area contributed by atoms with E-state index < -0.39 is 0 Å². The molecule has 4 N–H and O–H groups in total. The summed E-state index contributed by atoms with van der Waals surface area (Å²) in [7, 11) is 1.74. The highest BCUT2D eigenvalue weighted by Crippen LogP contribution is 2.22. The first-order valence-electron chi connectivity index (χ1n) is 4.24. The molecule has 0 aromatic rings. The SMILES string of the molecule is COCC1CC[C@H](N)[C@H](N)C1. The molecule has 1 unspecified atom stereocenters. The van der Waals surface area contributed by atoms with Gasteiger partial charge in [0.15, 0.2) is 0 Å². The zero-order valence-electron chi connectivity index (χ0n) is 7.12. The van der Waals surface area contributed by atoms with Gasteiger partial charge in [0.05, 0.1) is 0 Å². The molecule has 0 spiro atoms. The minimum atomic E-state index is 0.184. The Balaban J connectivity index is 2.28. The predicted octanol–water partition coefficient (Wildman–Crippen LogP) is 0.0875. The number of hydrogen-bond acceptors (Lipinski definition) is 3. The molecule has 0 saturated heterocycles. The molecule has 0 aromatic carbocycles. The Morgan fingerprint density at radius 1 is 1.27 bits per heavy atom. The molecule has 1 saturated carbocycles. The number of ether oxygens (including phenoxy) is 1. The molecule has 0 aromatic heterocycles. The van der Waals surface area contributed by atoms with Gasteiger partial charge < -0.3 is 16.2 Å². The Bertz CT molecular complexity index is 119. The van der Waals surface area contributed by atoms with Crippen LogP contribution in [0.2, 0.25) is 0 Å². The molecule has 11 heavy (non-hydrogen) atoms. The van der Waals surface area contributed by atoms with E-state index in [0.717, 1.165) is 19.4 Å². The smallest absolute Gasteiger partial charge is 0.0491 e. The Labute approximate surface area is 68.1 Å². The maximum Gasteiger partial charge on any atom is 0.0491 e. The number of methoxy groups -OCH3 is 1. The summed E-state index contributed by atoms with van der Waals surface area (Å²) in [6, 6.07) is 0.395. The molecule has 0 aliphatic heterocycles. The van der Waals surface area contributed by atoms with Crippen LogP contribution < -0.4 is 11.5 Å². The third-order valence-electron chi connectivity index (χ3n) is 2.47. The molecule has 3 nitrogen and oxygen atoms in total. The van der Waals surface area contributed by atoms with Crippen LogP contribution in [0.25, 0.3) is 0 Å². The van der Waals surface area contributed by atoms with E-state index in [-0.39, 0.29) is 12.1 Å². The second-order valence-electron chi connectivity index (χ2n) is 3.46. The van der Waals surface area contributed by atoms with Gasteiger partial charge in [-0.15, -0.1) is 0 Å². The fraction of sp³-hybridized carbons (Fsp3) is 1.00. The second-order valence-corrected chi connectivity index (χ2v) is 3.46. The van der Waals surface area contributed by atoms with Crippen molar-refractivity contribution in [1.29, 1.82) is 0 Å². The Morgan fingerprint density at radius 3 is 2.55 bits per heavy atom. The second kappa shape index (κ2) is 4.04. The fourth-order valence-corrected chi connectivity index (χ4v) is 1.71. The summed E-state index contributed by atoms with van der Waals surface area (Å²) in [6.45, 7) is 0.834. The maximum atomic E-state index is 5.82. The summed E-state index contributed by atoms with van der Waals surface area (Å²) >= 11 is 0. The molecule has 1 aliphatic rings. The monoisotopic (exact) mass is 158 g/mol. The van der Waals surface area contributed by atoms with Crippen LogP contribution in [0.4, 0.5) is 0 Å². The van der Waals surface area contributed by atoms with Gasteiger partial charge in [-0.25, -0.2) is 0 Å². The summed E-state index contributed by atoms with van der Waals surface area (Å²) < 4.78 is 5.07. The van der Waals surface area contributed by atoms with Crippen LogP contribution in [-0.2, 0) is 4.74 Å². The highest BCUT2D eigenvalue weighted by molar-refractivity contribution is 4.84. The van der Waals surface area contributed by atoms with E-state index in [0.29, 0.717) is 5.92 Å². The summed E-state index contributed by atoms with van der Waals surface area (Å²) in [5.74, 6) is 0.634. The molecule has 66 valence electrons. The zero-order valence-corrected chi connectivity index (χ0v) is 7.12. The average molecular weight is 158 g/mol. The van der Waals surface area contributed by atoms with E-state index in [4.69, 9.17) is 16.2 Å². The highest BCUT2D eigenvalue weighted by atomic mass is 16.5. The van der Waals surface area contributed by atoms with Crippen molar-refractivity contribution in [2.24, 2.45) is 17.4 Å². The quantitative estimate of drug-likeness (QED) is 0.598. The molecular formula is C8H18N2O. The van der Waals surface area contributed by atoms with Crippen molar-refractivity contribution < 1.29 is 4.74 Å². The maximum absolute atomic E-state index is 5.82. The molecule has 0 bridgehead atoms. The van der Waals surface area contributed by atoms with Crippen molar-refractivity contribution in [1.82, 2.24) is 0 Å². The zero-order chi connectivity index (χ0) is 8.27. The van der Waals surface area contributed by atoms with Crippen LogP contribution in [-0.4, -0.2) is 25.8 Å². The first-order valence-corrected chi connectivity index (χ1v) is 4.24. The van der Waals surface area contributed by atoms with E-state index >= 15 is 0 Å². The van der Waals surface area contributed by atoms with Gasteiger partial charge in [0.2, 0.25) is 0 Å². The van der Waals surface area contributed by atoms with Gasteiger partial charge in [0, 0.05) is 25.8 Å². The number of rotatable bonds is 2. The molecule has 3 heteroatoms. The lowest BCUT2D eigenvalue weighted by atomic mass is 9.84. The molecule has 3 atom stereocenters. The molecule has 0 heterocycles. The van der Waals surface area contributed by atoms with Crippen molar-refractivity contribution in [3.8, 4) is 0 Å². The summed E-state index contributed by atoms with van der Waals surface area (Å²) in [4.78, 5) is 0. The Kier molecular flexibility index (Phi) is 3.30. The van der Waals surface area contributed by atoms with Crippen molar-refractivity contribution in [3.05, 3.63) is 0 Å². The van der Waals surface area contributed by atoms with E-state index in [1.165, 1.54) is 6.42 Å². The standard InChI is InChI=1S/C8H18N2O/c1-11-5-6-2-3-7(9)8(10)4-6/h6-8H,2-5,9-10H2,1H3/t6?,7-,8+/m0/s1. The summed E-state index contributed by atoms with van der Waals surface area (Å²) in [5, 5.41) is 0. The first kappa shape index (κ1) is 8.97. The third kappa shape index (κ3) is 2.43. The lowest BCUT2D eigenvalue weighted by molar-refractivity contribution is 0.121. The lowest BCUT2D eigenvalue weighted by Crippen LogP contribution is -2.46. The van der Waals surface area contributed by atoms with Gasteiger partial charge in [-0.2, -0.15) is 0 Å². The van der Waals surface area contributed by atoms with Crippen LogP contribution in [0.3, 0.4) is 0 Å². The number of nitrogens with two attached hydrogens (primary N) is 2. The van der Waals surface area contributed by atoms with Gasteiger partial charge >= 0.3 is 0 Å². The highest BCUT2D eigenvalue weighted by Gasteiger charge is 2.24.